The summed E-state index contributed by atoms with van der Waals surface area (Å²) in [5.41, 5.74) is 1.25. The van der Waals surface area contributed by atoms with Gasteiger partial charge in [-0.3, -0.25) is 4.79 Å². The van der Waals surface area contributed by atoms with E-state index in [1.807, 2.05) is 12.1 Å². The Balaban J connectivity index is 1.75. The Morgan fingerprint density at radius 1 is 1.39 bits per heavy atom. The fourth-order valence-electron chi connectivity index (χ4n) is 2.27. The molecule has 0 spiro atoms. The van der Waals surface area contributed by atoms with E-state index in [-0.39, 0.29) is 11.8 Å². The van der Waals surface area contributed by atoms with Gasteiger partial charge in [-0.05, 0) is 36.6 Å². The lowest BCUT2D eigenvalue weighted by Gasteiger charge is -2.14. The molecule has 0 bridgehead atoms. The third-order valence-corrected chi connectivity index (χ3v) is 4.01. The van der Waals surface area contributed by atoms with E-state index in [0.29, 0.717) is 12.5 Å². The van der Waals surface area contributed by atoms with Crippen molar-refractivity contribution in [2.24, 2.45) is 11.8 Å². The zero-order valence-corrected chi connectivity index (χ0v) is 12.2. The predicted molar refractivity (Wildman–Crippen MR) is 76.4 cm³/mol. The van der Waals surface area contributed by atoms with Crippen molar-refractivity contribution in [1.82, 2.24) is 10.6 Å². The van der Waals surface area contributed by atoms with Crippen LogP contribution in [0.2, 0.25) is 0 Å². The summed E-state index contributed by atoms with van der Waals surface area (Å²) in [5.74, 6) is 0.761. The minimum Gasteiger partial charge on any atom is -0.355 e. The number of rotatable bonds is 4. The maximum Gasteiger partial charge on any atom is 0.224 e. The molecule has 98 valence electrons. The average Bonchev–Trinajstić information content (AvgIpc) is 2.78. The number of halogens is 1. The van der Waals surface area contributed by atoms with Gasteiger partial charge in [-0.1, -0.05) is 35.0 Å². The Bertz CT molecular complexity index is 405. The van der Waals surface area contributed by atoms with Gasteiger partial charge in [0.2, 0.25) is 5.91 Å². The largest absolute Gasteiger partial charge is 0.355 e. The van der Waals surface area contributed by atoms with Crippen molar-refractivity contribution in [2.75, 3.05) is 19.6 Å². The van der Waals surface area contributed by atoms with E-state index in [1.165, 1.54) is 5.56 Å². The van der Waals surface area contributed by atoms with Crippen LogP contribution in [0.3, 0.4) is 0 Å². The smallest absolute Gasteiger partial charge is 0.224 e. The van der Waals surface area contributed by atoms with E-state index in [1.54, 1.807) is 0 Å². The minimum absolute atomic E-state index is 0.134. The maximum absolute atomic E-state index is 11.9. The third kappa shape index (κ3) is 3.56. The van der Waals surface area contributed by atoms with Crippen molar-refractivity contribution in [3.05, 3.63) is 34.3 Å². The standard InChI is InChI=1S/C14H19BrN2O/c1-10-8-16-9-13(10)14(18)17-7-6-11-2-4-12(15)5-3-11/h2-5,10,13,16H,6-9H2,1H3,(H,17,18)/t10-,13-/m1/s1. The Kier molecular flexibility index (Phi) is 4.78. The van der Waals surface area contributed by atoms with E-state index in [4.69, 9.17) is 0 Å². The molecule has 3 nitrogen and oxygen atoms in total. The molecular weight excluding hydrogens is 292 g/mol. The Morgan fingerprint density at radius 3 is 2.72 bits per heavy atom. The predicted octanol–water partition coefficient (Wildman–Crippen LogP) is 1.96. The van der Waals surface area contributed by atoms with Crippen LogP contribution >= 0.6 is 15.9 Å². The van der Waals surface area contributed by atoms with Crippen LogP contribution in [-0.4, -0.2) is 25.5 Å². The van der Waals surface area contributed by atoms with Gasteiger partial charge in [0.1, 0.15) is 0 Å². The van der Waals surface area contributed by atoms with Gasteiger partial charge in [0.05, 0.1) is 5.92 Å². The first-order valence-electron chi connectivity index (χ1n) is 6.39. The molecule has 1 amide bonds. The van der Waals surface area contributed by atoms with Crippen molar-refractivity contribution in [1.29, 1.82) is 0 Å². The molecule has 0 aromatic heterocycles. The number of hydrogen-bond acceptors (Lipinski definition) is 2. The van der Waals surface area contributed by atoms with Crippen molar-refractivity contribution < 1.29 is 4.79 Å². The Morgan fingerprint density at radius 2 is 2.11 bits per heavy atom. The van der Waals surface area contributed by atoms with Crippen LogP contribution in [-0.2, 0) is 11.2 Å². The molecule has 2 rings (SSSR count). The molecule has 0 saturated carbocycles. The van der Waals surface area contributed by atoms with Gasteiger partial charge in [0.25, 0.3) is 0 Å². The molecule has 1 aromatic carbocycles. The van der Waals surface area contributed by atoms with Crippen molar-refractivity contribution in [3.8, 4) is 0 Å². The molecule has 1 aliphatic rings. The van der Waals surface area contributed by atoms with Crippen LogP contribution in [0.5, 0.6) is 0 Å². The quantitative estimate of drug-likeness (QED) is 0.892. The van der Waals surface area contributed by atoms with Crippen LogP contribution in [0, 0.1) is 11.8 Å². The SMILES string of the molecule is C[C@@H]1CNC[C@H]1C(=O)NCCc1ccc(Br)cc1. The lowest BCUT2D eigenvalue weighted by molar-refractivity contribution is -0.125. The summed E-state index contributed by atoms with van der Waals surface area (Å²) in [5, 5.41) is 6.28. The van der Waals surface area contributed by atoms with Gasteiger partial charge < -0.3 is 10.6 Å². The highest BCUT2D eigenvalue weighted by molar-refractivity contribution is 9.10. The van der Waals surface area contributed by atoms with Crippen LogP contribution in [0.15, 0.2) is 28.7 Å². The summed E-state index contributed by atoms with van der Waals surface area (Å²) in [6, 6.07) is 8.21. The molecule has 1 heterocycles. The summed E-state index contributed by atoms with van der Waals surface area (Å²) >= 11 is 3.41. The highest BCUT2D eigenvalue weighted by Crippen LogP contribution is 2.15. The highest BCUT2D eigenvalue weighted by Gasteiger charge is 2.28. The summed E-state index contributed by atoms with van der Waals surface area (Å²) in [7, 11) is 0. The number of benzene rings is 1. The van der Waals surface area contributed by atoms with Gasteiger partial charge in [0.15, 0.2) is 0 Å². The first-order chi connectivity index (χ1) is 8.66. The first-order valence-corrected chi connectivity index (χ1v) is 7.19. The van der Waals surface area contributed by atoms with E-state index in [0.717, 1.165) is 24.0 Å². The number of hydrogen-bond donors (Lipinski definition) is 2. The topological polar surface area (TPSA) is 41.1 Å². The molecule has 1 saturated heterocycles. The zero-order chi connectivity index (χ0) is 13.0. The van der Waals surface area contributed by atoms with Gasteiger partial charge in [-0.25, -0.2) is 0 Å². The van der Waals surface area contributed by atoms with Crippen LogP contribution < -0.4 is 10.6 Å². The lowest BCUT2D eigenvalue weighted by atomic mass is 9.97. The number of amides is 1. The fraction of sp³-hybridized carbons (Fsp3) is 0.500. The average molecular weight is 311 g/mol. The van der Waals surface area contributed by atoms with Crippen molar-refractivity contribution >= 4 is 21.8 Å². The second-order valence-electron chi connectivity index (χ2n) is 4.91. The molecule has 0 aliphatic carbocycles. The highest BCUT2D eigenvalue weighted by atomic mass is 79.9. The zero-order valence-electron chi connectivity index (χ0n) is 10.6. The molecule has 1 aliphatic heterocycles. The van der Waals surface area contributed by atoms with E-state index in [2.05, 4.69) is 45.6 Å². The van der Waals surface area contributed by atoms with E-state index >= 15 is 0 Å². The normalized spacial score (nSPS) is 23.0. The molecule has 0 radical (unpaired) electrons. The Labute approximate surface area is 116 Å². The molecule has 0 unspecified atom stereocenters. The molecule has 4 heteroatoms. The molecular formula is C14H19BrN2O. The summed E-state index contributed by atoms with van der Waals surface area (Å²) < 4.78 is 1.08. The molecule has 1 aromatic rings. The van der Waals surface area contributed by atoms with Crippen LogP contribution in [0.4, 0.5) is 0 Å². The third-order valence-electron chi connectivity index (χ3n) is 3.48. The summed E-state index contributed by atoms with van der Waals surface area (Å²) in [6.07, 6.45) is 0.882. The molecule has 1 fully saturated rings. The van der Waals surface area contributed by atoms with Gasteiger partial charge in [-0.15, -0.1) is 0 Å². The monoisotopic (exact) mass is 310 g/mol. The van der Waals surface area contributed by atoms with Crippen LogP contribution in [0.25, 0.3) is 0 Å². The van der Waals surface area contributed by atoms with E-state index < -0.39 is 0 Å². The van der Waals surface area contributed by atoms with Gasteiger partial charge in [-0.2, -0.15) is 0 Å². The molecule has 2 atom stereocenters. The lowest BCUT2D eigenvalue weighted by Crippen LogP contribution is -2.35. The second kappa shape index (κ2) is 6.34. The Hall–Kier alpha value is -0.870. The van der Waals surface area contributed by atoms with E-state index in [9.17, 15) is 4.79 Å². The first kappa shape index (κ1) is 13.6. The maximum atomic E-state index is 11.9. The minimum atomic E-state index is 0.134. The van der Waals surface area contributed by atoms with Crippen LogP contribution in [0.1, 0.15) is 12.5 Å². The number of carbonyl (C=O) groups excluding carboxylic acids is 1. The fourth-order valence-corrected chi connectivity index (χ4v) is 2.54. The number of carbonyl (C=O) groups is 1. The second-order valence-corrected chi connectivity index (χ2v) is 5.83. The van der Waals surface area contributed by atoms with Crippen molar-refractivity contribution in [3.63, 3.8) is 0 Å². The number of nitrogens with one attached hydrogen (secondary N) is 2. The molecule has 18 heavy (non-hydrogen) atoms. The summed E-state index contributed by atoms with van der Waals surface area (Å²) in [6.45, 7) is 4.60. The molecule has 2 N–H and O–H groups in total. The summed E-state index contributed by atoms with van der Waals surface area (Å²) in [4.78, 5) is 11.9. The van der Waals surface area contributed by atoms with Crippen molar-refractivity contribution in [2.45, 2.75) is 13.3 Å². The van der Waals surface area contributed by atoms with Gasteiger partial charge >= 0.3 is 0 Å². The van der Waals surface area contributed by atoms with Gasteiger partial charge in [0, 0.05) is 17.6 Å².